The fraction of sp³-hybridized carbons (Fsp3) is 1.00. The molecule has 80 valence electrons. The molecule has 0 aliphatic heterocycles. The molecular weight excluding hydrogens is 184 g/mol. The molecule has 0 aromatic heterocycles. The molecule has 2 atom stereocenters. The Labute approximate surface area is 87.1 Å². The SMILES string of the molecule is CCCCC(S)(CC)OC(O)CC. The number of aliphatic hydroxyl groups is 1. The van der Waals surface area contributed by atoms with Crippen molar-refractivity contribution < 1.29 is 9.84 Å². The maximum Gasteiger partial charge on any atom is 0.156 e. The Morgan fingerprint density at radius 1 is 1.38 bits per heavy atom. The second-order valence-electron chi connectivity index (χ2n) is 3.38. The zero-order chi connectivity index (χ0) is 10.3. The van der Waals surface area contributed by atoms with Crippen LogP contribution in [0.4, 0.5) is 0 Å². The van der Waals surface area contributed by atoms with Gasteiger partial charge in [0.1, 0.15) is 4.93 Å². The van der Waals surface area contributed by atoms with Crippen LogP contribution in [0, 0.1) is 0 Å². The van der Waals surface area contributed by atoms with Crippen LogP contribution in [0.15, 0.2) is 0 Å². The van der Waals surface area contributed by atoms with Crippen LogP contribution in [0.3, 0.4) is 0 Å². The Balaban J connectivity index is 3.94. The molecule has 0 saturated heterocycles. The van der Waals surface area contributed by atoms with Crippen molar-refractivity contribution in [3.8, 4) is 0 Å². The van der Waals surface area contributed by atoms with Gasteiger partial charge < -0.3 is 9.84 Å². The summed E-state index contributed by atoms with van der Waals surface area (Å²) in [4.78, 5) is -0.439. The lowest BCUT2D eigenvalue weighted by Crippen LogP contribution is -2.30. The summed E-state index contributed by atoms with van der Waals surface area (Å²) in [6.45, 7) is 6.07. The molecule has 0 bridgehead atoms. The number of ether oxygens (including phenoxy) is 1. The summed E-state index contributed by atoms with van der Waals surface area (Å²) < 4.78 is 5.46. The lowest BCUT2D eigenvalue weighted by atomic mass is 10.1. The van der Waals surface area contributed by atoms with E-state index in [1.54, 1.807) is 0 Å². The van der Waals surface area contributed by atoms with Gasteiger partial charge in [-0.25, -0.2) is 0 Å². The van der Waals surface area contributed by atoms with Gasteiger partial charge in [0.25, 0.3) is 0 Å². The Hall–Kier alpha value is 0.270. The van der Waals surface area contributed by atoms with E-state index in [0.717, 1.165) is 25.7 Å². The zero-order valence-electron chi connectivity index (χ0n) is 8.92. The van der Waals surface area contributed by atoms with Gasteiger partial charge in [-0.05, 0) is 25.7 Å². The van der Waals surface area contributed by atoms with Crippen LogP contribution < -0.4 is 0 Å². The van der Waals surface area contributed by atoms with E-state index in [0.29, 0.717) is 6.42 Å². The van der Waals surface area contributed by atoms with Gasteiger partial charge in [-0.1, -0.05) is 27.2 Å². The smallest absolute Gasteiger partial charge is 0.156 e. The molecule has 13 heavy (non-hydrogen) atoms. The monoisotopic (exact) mass is 206 g/mol. The van der Waals surface area contributed by atoms with Crippen LogP contribution in [-0.2, 0) is 4.74 Å². The highest BCUT2D eigenvalue weighted by atomic mass is 32.1. The summed E-state index contributed by atoms with van der Waals surface area (Å²) in [7, 11) is 0. The molecule has 2 nitrogen and oxygen atoms in total. The lowest BCUT2D eigenvalue weighted by molar-refractivity contribution is -0.153. The van der Waals surface area contributed by atoms with Gasteiger partial charge in [-0.2, -0.15) is 0 Å². The van der Waals surface area contributed by atoms with Gasteiger partial charge in [0.15, 0.2) is 6.29 Å². The van der Waals surface area contributed by atoms with E-state index in [-0.39, 0.29) is 0 Å². The minimum absolute atomic E-state index is 0.439. The summed E-state index contributed by atoms with van der Waals surface area (Å²) in [5.74, 6) is 0. The van der Waals surface area contributed by atoms with Crippen LogP contribution in [0.1, 0.15) is 52.9 Å². The quantitative estimate of drug-likeness (QED) is 0.495. The summed E-state index contributed by atoms with van der Waals surface area (Å²) in [5.41, 5.74) is 0. The number of aliphatic hydroxyl groups excluding tert-OH is 1. The fourth-order valence-electron chi connectivity index (χ4n) is 1.11. The summed E-state index contributed by atoms with van der Waals surface area (Å²) in [6, 6.07) is 0. The van der Waals surface area contributed by atoms with Crippen molar-refractivity contribution in [1.82, 2.24) is 0 Å². The van der Waals surface area contributed by atoms with E-state index < -0.39 is 11.2 Å². The van der Waals surface area contributed by atoms with Crippen molar-refractivity contribution in [2.45, 2.75) is 64.1 Å². The van der Waals surface area contributed by atoms with Crippen LogP contribution >= 0.6 is 12.6 Å². The van der Waals surface area contributed by atoms with E-state index in [2.05, 4.69) is 19.6 Å². The van der Waals surface area contributed by atoms with Crippen molar-refractivity contribution in [3.05, 3.63) is 0 Å². The molecule has 0 heterocycles. The molecule has 0 fully saturated rings. The Morgan fingerprint density at radius 2 is 2.00 bits per heavy atom. The molecule has 0 spiro atoms. The van der Waals surface area contributed by atoms with Gasteiger partial charge >= 0.3 is 0 Å². The maximum absolute atomic E-state index is 9.35. The molecular formula is C10H22O2S. The second kappa shape index (κ2) is 6.68. The summed E-state index contributed by atoms with van der Waals surface area (Å²) in [6.07, 6.45) is 3.90. The van der Waals surface area contributed by atoms with Crippen molar-refractivity contribution >= 4 is 12.6 Å². The van der Waals surface area contributed by atoms with E-state index in [1.165, 1.54) is 0 Å². The van der Waals surface area contributed by atoms with Gasteiger partial charge in [0, 0.05) is 0 Å². The Kier molecular flexibility index (Phi) is 6.82. The van der Waals surface area contributed by atoms with Gasteiger partial charge in [0.05, 0.1) is 0 Å². The topological polar surface area (TPSA) is 29.5 Å². The average Bonchev–Trinajstić information content (AvgIpc) is 2.14. The Morgan fingerprint density at radius 3 is 2.38 bits per heavy atom. The fourth-order valence-corrected chi connectivity index (χ4v) is 1.39. The third-order valence-electron chi connectivity index (χ3n) is 2.18. The molecule has 0 aliphatic rings. The third kappa shape index (κ3) is 5.55. The first-order valence-corrected chi connectivity index (χ1v) is 5.61. The largest absolute Gasteiger partial charge is 0.368 e. The molecule has 0 aliphatic carbocycles. The molecule has 0 rings (SSSR count). The highest BCUT2D eigenvalue weighted by Crippen LogP contribution is 2.29. The molecule has 0 amide bonds. The summed E-state index contributed by atoms with van der Waals surface area (Å²) in [5, 5.41) is 9.35. The minimum atomic E-state index is -0.672. The predicted molar refractivity (Wildman–Crippen MR) is 58.9 cm³/mol. The molecule has 0 saturated carbocycles. The number of thiol groups is 1. The van der Waals surface area contributed by atoms with Crippen molar-refractivity contribution in [2.24, 2.45) is 0 Å². The number of unbranched alkanes of at least 4 members (excludes halogenated alkanes) is 1. The third-order valence-corrected chi connectivity index (χ3v) is 2.82. The first kappa shape index (κ1) is 13.3. The highest BCUT2D eigenvalue weighted by Gasteiger charge is 2.25. The zero-order valence-corrected chi connectivity index (χ0v) is 9.81. The van der Waals surface area contributed by atoms with Crippen LogP contribution in [0.5, 0.6) is 0 Å². The molecule has 0 aromatic rings. The molecule has 1 N–H and O–H groups in total. The first-order chi connectivity index (χ1) is 6.08. The normalized spacial score (nSPS) is 18.2. The van der Waals surface area contributed by atoms with E-state index >= 15 is 0 Å². The molecule has 2 unspecified atom stereocenters. The van der Waals surface area contributed by atoms with Gasteiger partial charge in [0.2, 0.25) is 0 Å². The second-order valence-corrected chi connectivity index (χ2v) is 4.20. The molecule has 0 radical (unpaired) electrons. The first-order valence-electron chi connectivity index (χ1n) is 5.16. The van der Waals surface area contributed by atoms with Crippen molar-refractivity contribution in [3.63, 3.8) is 0 Å². The van der Waals surface area contributed by atoms with E-state index in [9.17, 15) is 5.11 Å². The van der Waals surface area contributed by atoms with Gasteiger partial charge in [-0.15, -0.1) is 12.6 Å². The maximum atomic E-state index is 9.35. The lowest BCUT2D eigenvalue weighted by Gasteiger charge is -2.29. The molecule has 0 aromatic carbocycles. The van der Waals surface area contributed by atoms with Crippen LogP contribution in [0.2, 0.25) is 0 Å². The van der Waals surface area contributed by atoms with E-state index in [4.69, 9.17) is 4.74 Å². The standard InChI is InChI=1S/C10H22O2S/c1-4-7-8-10(13,6-3)12-9(11)5-2/h9,11,13H,4-8H2,1-3H3. The number of rotatable bonds is 7. The predicted octanol–water partition coefficient (Wildman–Crippen LogP) is 2.96. The van der Waals surface area contributed by atoms with Crippen LogP contribution in [-0.4, -0.2) is 16.3 Å². The summed E-state index contributed by atoms with van der Waals surface area (Å²) >= 11 is 4.46. The van der Waals surface area contributed by atoms with Crippen molar-refractivity contribution in [1.29, 1.82) is 0 Å². The average molecular weight is 206 g/mol. The molecule has 3 heteroatoms. The number of hydrogen-bond donors (Lipinski definition) is 2. The minimum Gasteiger partial charge on any atom is -0.368 e. The van der Waals surface area contributed by atoms with Crippen LogP contribution in [0.25, 0.3) is 0 Å². The van der Waals surface area contributed by atoms with Crippen molar-refractivity contribution in [2.75, 3.05) is 0 Å². The van der Waals surface area contributed by atoms with Gasteiger partial charge in [-0.3, -0.25) is 0 Å². The number of hydrogen-bond acceptors (Lipinski definition) is 3. The highest BCUT2D eigenvalue weighted by molar-refractivity contribution is 7.81. The van der Waals surface area contributed by atoms with E-state index in [1.807, 2.05) is 13.8 Å². The Bertz CT molecular complexity index is 130.